The van der Waals surface area contributed by atoms with Gasteiger partial charge < -0.3 is 5.11 Å². The molecule has 0 unspecified atom stereocenters. The first kappa shape index (κ1) is 11.6. The molecule has 1 aromatic rings. The molecule has 0 heterocycles. The van der Waals surface area contributed by atoms with Gasteiger partial charge in [-0.15, -0.1) is 11.8 Å². The van der Waals surface area contributed by atoms with Gasteiger partial charge in [0.2, 0.25) is 0 Å². The first-order valence-electron chi connectivity index (χ1n) is 3.78. The van der Waals surface area contributed by atoms with E-state index in [0.29, 0.717) is 6.07 Å². The van der Waals surface area contributed by atoms with Crippen molar-refractivity contribution < 1.29 is 23.5 Å². The second-order valence-electron chi connectivity index (χ2n) is 2.60. The molecule has 0 amide bonds. The molecule has 1 rings (SSSR count). The summed E-state index contributed by atoms with van der Waals surface area (Å²) >= 11 is 0.965. The number of aliphatic carboxylic acids is 1. The summed E-state index contributed by atoms with van der Waals surface area (Å²) in [6.45, 7) is 0. The summed E-state index contributed by atoms with van der Waals surface area (Å²) in [6.07, 6.45) is 1.54. The van der Waals surface area contributed by atoms with E-state index in [0.717, 1.165) is 17.8 Å². The van der Waals surface area contributed by atoms with E-state index in [-0.39, 0.29) is 4.90 Å². The lowest BCUT2D eigenvalue weighted by Gasteiger charge is -2.03. The van der Waals surface area contributed by atoms with Gasteiger partial charge in [-0.25, -0.2) is 13.6 Å². The number of carboxylic acid groups (broad SMARTS) is 1. The molecular formula is C9H6F2O3S. The molecule has 0 aliphatic carbocycles. The Kier molecular flexibility index (Phi) is 3.41. The zero-order valence-electron chi connectivity index (χ0n) is 7.58. The maximum atomic E-state index is 13.2. The second-order valence-corrected chi connectivity index (χ2v) is 3.45. The number of carbonyl (C=O) groups is 2. The van der Waals surface area contributed by atoms with E-state index in [2.05, 4.69) is 0 Å². The summed E-state index contributed by atoms with van der Waals surface area (Å²) in [6, 6.07) is 1.40. The van der Waals surface area contributed by atoms with Crippen LogP contribution in [0.15, 0.2) is 17.0 Å². The van der Waals surface area contributed by atoms with Gasteiger partial charge in [-0.2, -0.15) is 0 Å². The van der Waals surface area contributed by atoms with Crippen LogP contribution in [0.1, 0.15) is 10.4 Å². The Hall–Kier alpha value is -1.43. The first-order valence-corrected chi connectivity index (χ1v) is 5.00. The van der Waals surface area contributed by atoms with E-state index < -0.39 is 29.0 Å². The van der Waals surface area contributed by atoms with Crippen molar-refractivity contribution in [2.45, 2.75) is 4.90 Å². The van der Waals surface area contributed by atoms with Crippen LogP contribution in [0.5, 0.6) is 0 Å². The molecule has 15 heavy (non-hydrogen) atoms. The monoisotopic (exact) mass is 232 g/mol. The highest BCUT2D eigenvalue weighted by Gasteiger charge is 2.21. The molecule has 6 heteroatoms. The molecule has 0 fully saturated rings. The van der Waals surface area contributed by atoms with Gasteiger partial charge in [0.1, 0.15) is 11.6 Å². The summed E-state index contributed by atoms with van der Waals surface area (Å²) in [5.74, 6) is -5.12. The van der Waals surface area contributed by atoms with Crippen LogP contribution >= 0.6 is 11.8 Å². The average Bonchev–Trinajstić information content (AvgIpc) is 2.19. The highest BCUT2D eigenvalue weighted by Crippen LogP contribution is 2.22. The van der Waals surface area contributed by atoms with Gasteiger partial charge in [-0.3, -0.25) is 4.79 Å². The van der Waals surface area contributed by atoms with Crippen LogP contribution in [0.4, 0.5) is 8.78 Å². The van der Waals surface area contributed by atoms with Gasteiger partial charge in [0.05, 0.1) is 5.56 Å². The van der Waals surface area contributed by atoms with E-state index in [4.69, 9.17) is 5.11 Å². The predicted molar refractivity (Wildman–Crippen MR) is 50.1 cm³/mol. The quantitative estimate of drug-likeness (QED) is 0.491. The fraction of sp³-hybridized carbons (Fsp3) is 0.111. The van der Waals surface area contributed by atoms with E-state index in [1.807, 2.05) is 0 Å². The Morgan fingerprint density at radius 3 is 2.33 bits per heavy atom. The number of hydrogen-bond donors (Lipinski definition) is 1. The number of rotatable bonds is 3. The number of hydrogen-bond acceptors (Lipinski definition) is 3. The lowest BCUT2D eigenvalue weighted by atomic mass is 10.1. The smallest absolute Gasteiger partial charge is 0.377 e. The average molecular weight is 232 g/mol. The number of carbonyl (C=O) groups excluding carboxylic acids is 1. The molecule has 0 aliphatic rings. The first-order chi connectivity index (χ1) is 6.97. The molecule has 0 saturated carbocycles. The molecule has 0 saturated heterocycles. The van der Waals surface area contributed by atoms with Crippen LogP contribution in [-0.4, -0.2) is 23.1 Å². The largest absolute Gasteiger partial charge is 0.475 e. The van der Waals surface area contributed by atoms with Crippen LogP contribution in [-0.2, 0) is 4.79 Å². The van der Waals surface area contributed by atoms with E-state index in [1.165, 1.54) is 6.26 Å². The van der Waals surface area contributed by atoms with Crippen molar-refractivity contribution in [3.8, 4) is 0 Å². The van der Waals surface area contributed by atoms with Crippen molar-refractivity contribution in [1.82, 2.24) is 0 Å². The fourth-order valence-corrected chi connectivity index (χ4v) is 1.45. The van der Waals surface area contributed by atoms with Crippen LogP contribution in [0.2, 0.25) is 0 Å². The molecule has 1 N–H and O–H groups in total. The molecule has 0 spiro atoms. The molecular weight excluding hydrogens is 226 g/mol. The number of thioether (sulfide) groups is 1. The van der Waals surface area contributed by atoms with E-state index in [9.17, 15) is 18.4 Å². The maximum Gasteiger partial charge on any atom is 0.377 e. The van der Waals surface area contributed by atoms with Crippen LogP contribution in [0.3, 0.4) is 0 Å². The van der Waals surface area contributed by atoms with E-state index >= 15 is 0 Å². The SMILES string of the molecule is CSc1cc(F)c(C(=O)C(=O)O)cc1F. The van der Waals surface area contributed by atoms with Gasteiger partial charge >= 0.3 is 5.97 Å². The zero-order chi connectivity index (χ0) is 11.6. The van der Waals surface area contributed by atoms with Crippen molar-refractivity contribution in [3.63, 3.8) is 0 Å². The van der Waals surface area contributed by atoms with Crippen molar-refractivity contribution in [2.24, 2.45) is 0 Å². The highest BCUT2D eigenvalue weighted by atomic mass is 32.2. The van der Waals surface area contributed by atoms with Crippen molar-refractivity contribution in [3.05, 3.63) is 29.3 Å². The molecule has 3 nitrogen and oxygen atoms in total. The van der Waals surface area contributed by atoms with Crippen molar-refractivity contribution >= 4 is 23.5 Å². The molecule has 1 aromatic carbocycles. The maximum absolute atomic E-state index is 13.2. The highest BCUT2D eigenvalue weighted by molar-refractivity contribution is 7.98. The third-order valence-electron chi connectivity index (χ3n) is 1.68. The third kappa shape index (κ3) is 2.33. The number of halogens is 2. The lowest BCUT2D eigenvalue weighted by molar-refractivity contribution is -0.131. The standard InChI is InChI=1S/C9H6F2O3S/c1-15-7-3-5(10)4(2-6(7)11)8(12)9(13)14/h2-3H,1H3,(H,13,14). The Labute approximate surface area is 88.1 Å². The normalized spacial score (nSPS) is 10.1. The number of benzene rings is 1. The summed E-state index contributed by atoms with van der Waals surface area (Å²) in [7, 11) is 0. The van der Waals surface area contributed by atoms with Crippen LogP contribution in [0, 0.1) is 11.6 Å². The molecule has 0 radical (unpaired) electrons. The second kappa shape index (κ2) is 4.39. The van der Waals surface area contributed by atoms with Crippen molar-refractivity contribution in [1.29, 1.82) is 0 Å². The number of Topliss-reactive ketones (excluding diaryl/α,β-unsaturated/α-hetero) is 1. The summed E-state index contributed by atoms with van der Waals surface area (Å²) < 4.78 is 26.3. The minimum atomic E-state index is -1.81. The minimum absolute atomic E-state index is 0.0226. The van der Waals surface area contributed by atoms with Gasteiger partial charge in [-0.05, 0) is 18.4 Å². The predicted octanol–water partition coefficient (Wildman–Crippen LogP) is 1.95. The Morgan fingerprint density at radius 1 is 1.27 bits per heavy atom. The van der Waals surface area contributed by atoms with Crippen LogP contribution in [0.25, 0.3) is 0 Å². The topological polar surface area (TPSA) is 54.4 Å². The lowest BCUT2D eigenvalue weighted by Crippen LogP contribution is -2.15. The Morgan fingerprint density at radius 2 is 1.87 bits per heavy atom. The Balaban J connectivity index is 3.28. The van der Waals surface area contributed by atoms with Crippen LogP contribution < -0.4 is 0 Å². The number of ketones is 1. The molecule has 0 bridgehead atoms. The molecule has 0 atom stereocenters. The van der Waals surface area contributed by atoms with Crippen molar-refractivity contribution in [2.75, 3.05) is 6.26 Å². The Bertz CT molecular complexity index is 432. The fourth-order valence-electron chi connectivity index (χ4n) is 0.974. The van der Waals surface area contributed by atoms with Gasteiger partial charge in [0, 0.05) is 4.90 Å². The summed E-state index contributed by atoms with van der Waals surface area (Å²) in [4.78, 5) is 21.2. The van der Waals surface area contributed by atoms with Gasteiger partial charge in [0.25, 0.3) is 5.78 Å². The van der Waals surface area contributed by atoms with Gasteiger partial charge in [-0.1, -0.05) is 0 Å². The number of carboxylic acids is 1. The molecule has 0 aromatic heterocycles. The summed E-state index contributed by atoms with van der Waals surface area (Å²) in [5, 5.41) is 8.33. The molecule has 0 aliphatic heterocycles. The van der Waals surface area contributed by atoms with Gasteiger partial charge in [0.15, 0.2) is 0 Å². The molecule has 80 valence electrons. The summed E-state index contributed by atoms with van der Waals surface area (Å²) in [5.41, 5.74) is -0.766. The third-order valence-corrected chi connectivity index (χ3v) is 2.43. The van der Waals surface area contributed by atoms with E-state index in [1.54, 1.807) is 0 Å². The minimum Gasteiger partial charge on any atom is -0.475 e. The zero-order valence-corrected chi connectivity index (χ0v) is 8.40.